The third-order valence-corrected chi connectivity index (χ3v) is 4.07. The van der Waals surface area contributed by atoms with E-state index in [1.54, 1.807) is 12.1 Å². The quantitative estimate of drug-likeness (QED) is 0.668. The van der Waals surface area contributed by atoms with Gasteiger partial charge in [-0.15, -0.1) is 0 Å². The van der Waals surface area contributed by atoms with Gasteiger partial charge in [0.1, 0.15) is 11.5 Å². The predicted octanol–water partition coefficient (Wildman–Crippen LogP) is 5.35. The molecule has 2 heteroatoms. The van der Waals surface area contributed by atoms with Crippen LogP contribution in [0.1, 0.15) is 30.9 Å². The highest BCUT2D eigenvalue weighted by Gasteiger charge is 2.19. The lowest BCUT2D eigenvalue weighted by atomic mass is 9.87. The molecular formula is C20H20O2. The summed E-state index contributed by atoms with van der Waals surface area (Å²) in [5.41, 5.74) is 3.50. The van der Waals surface area contributed by atoms with Crippen LogP contribution in [0.15, 0.2) is 48.5 Å². The molecule has 0 heterocycles. The maximum atomic E-state index is 10.5. The molecule has 2 N–H and O–H groups in total. The summed E-state index contributed by atoms with van der Waals surface area (Å²) in [7, 11) is 0. The maximum absolute atomic E-state index is 10.5. The largest absolute Gasteiger partial charge is 0.507 e. The molecule has 3 rings (SSSR count). The summed E-state index contributed by atoms with van der Waals surface area (Å²) < 4.78 is 0. The molecule has 0 aromatic heterocycles. The van der Waals surface area contributed by atoms with E-state index in [2.05, 4.69) is 19.9 Å². The standard InChI is InChI=1S/C20H20O2/c1-12(2)16-10-13(3)11-18(22)20(16)19-15-7-5-4-6-14(15)8-9-17(19)21/h4-12,21-22H,1-3H3. The van der Waals surface area contributed by atoms with Gasteiger partial charge < -0.3 is 10.2 Å². The number of benzene rings is 3. The molecule has 0 spiro atoms. The van der Waals surface area contributed by atoms with E-state index in [0.29, 0.717) is 5.56 Å². The Morgan fingerprint density at radius 3 is 2.27 bits per heavy atom. The van der Waals surface area contributed by atoms with Crippen LogP contribution in [-0.2, 0) is 0 Å². The number of phenols is 2. The SMILES string of the molecule is Cc1cc(O)c(-c2c(O)ccc3ccccc23)c(C(C)C)c1. The molecule has 0 unspecified atom stereocenters. The summed E-state index contributed by atoms with van der Waals surface area (Å²) in [6.07, 6.45) is 0. The van der Waals surface area contributed by atoms with Crippen LogP contribution in [-0.4, -0.2) is 10.2 Å². The van der Waals surface area contributed by atoms with E-state index in [4.69, 9.17) is 0 Å². The zero-order valence-electron chi connectivity index (χ0n) is 13.1. The summed E-state index contributed by atoms with van der Waals surface area (Å²) >= 11 is 0. The average molecular weight is 292 g/mol. The first-order chi connectivity index (χ1) is 10.5. The van der Waals surface area contributed by atoms with E-state index < -0.39 is 0 Å². The van der Waals surface area contributed by atoms with Crippen molar-refractivity contribution in [3.05, 3.63) is 59.7 Å². The van der Waals surface area contributed by atoms with E-state index in [-0.39, 0.29) is 17.4 Å². The van der Waals surface area contributed by atoms with Gasteiger partial charge in [0.2, 0.25) is 0 Å². The lowest BCUT2D eigenvalue weighted by molar-refractivity contribution is 0.468. The van der Waals surface area contributed by atoms with Crippen molar-refractivity contribution in [3.8, 4) is 22.6 Å². The number of fused-ring (bicyclic) bond motifs is 1. The van der Waals surface area contributed by atoms with Gasteiger partial charge in [0.05, 0.1) is 0 Å². The summed E-state index contributed by atoms with van der Waals surface area (Å²) in [5, 5.41) is 23.0. The summed E-state index contributed by atoms with van der Waals surface area (Å²) in [6.45, 7) is 6.16. The fourth-order valence-electron chi connectivity index (χ4n) is 3.05. The first kappa shape index (κ1) is 14.5. The molecule has 0 radical (unpaired) electrons. The highest BCUT2D eigenvalue weighted by atomic mass is 16.3. The van der Waals surface area contributed by atoms with Crippen molar-refractivity contribution in [2.45, 2.75) is 26.7 Å². The number of aryl methyl sites for hydroxylation is 1. The number of aromatic hydroxyl groups is 2. The minimum Gasteiger partial charge on any atom is -0.507 e. The van der Waals surface area contributed by atoms with E-state index in [1.165, 1.54) is 0 Å². The Morgan fingerprint density at radius 2 is 1.55 bits per heavy atom. The van der Waals surface area contributed by atoms with Crippen molar-refractivity contribution in [2.75, 3.05) is 0 Å². The Balaban J connectivity index is 2.45. The third-order valence-electron chi connectivity index (χ3n) is 4.07. The van der Waals surface area contributed by atoms with E-state index in [9.17, 15) is 10.2 Å². The maximum Gasteiger partial charge on any atom is 0.124 e. The van der Waals surface area contributed by atoms with Crippen LogP contribution >= 0.6 is 0 Å². The van der Waals surface area contributed by atoms with Gasteiger partial charge in [0, 0.05) is 11.1 Å². The molecule has 0 saturated heterocycles. The topological polar surface area (TPSA) is 40.5 Å². The highest BCUT2D eigenvalue weighted by Crippen LogP contribution is 2.44. The molecular weight excluding hydrogens is 272 g/mol. The smallest absolute Gasteiger partial charge is 0.124 e. The molecule has 22 heavy (non-hydrogen) atoms. The molecule has 0 bridgehead atoms. The molecule has 112 valence electrons. The van der Waals surface area contributed by atoms with Gasteiger partial charge in [0.25, 0.3) is 0 Å². The molecule has 0 fully saturated rings. The van der Waals surface area contributed by atoms with Crippen molar-refractivity contribution in [1.82, 2.24) is 0 Å². The zero-order chi connectivity index (χ0) is 15.9. The second-order valence-electron chi connectivity index (χ2n) is 6.08. The van der Waals surface area contributed by atoms with Crippen molar-refractivity contribution < 1.29 is 10.2 Å². The lowest BCUT2D eigenvalue weighted by Gasteiger charge is -2.18. The molecule has 0 aliphatic carbocycles. The van der Waals surface area contributed by atoms with Crippen molar-refractivity contribution in [1.29, 1.82) is 0 Å². The molecule has 0 saturated carbocycles. The second-order valence-corrected chi connectivity index (χ2v) is 6.08. The summed E-state index contributed by atoms with van der Waals surface area (Å²) in [6, 6.07) is 15.3. The molecule has 0 amide bonds. The number of rotatable bonds is 2. The normalized spacial score (nSPS) is 11.3. The van der Waals surface area contributed by atoms with Gasteiger partial charge >= 0.3 is 0 Å². The molecule has 0 aliphatic rings. The lowest BCUT2D eigenvalue weighted by Crippen LogP contribution is -1.95. The molecule has 0 atom stereocenters. The van der Waals surface area contributed by atoms with Gasteiger partial charge in [-0.2, -0.15) is 0 Å². The van der Waals surface area contributed by atoms with Crippen LogP contribution in [0, 0.1) is 6.92 Å². The average Bonchev–Trinajstić information content (AvgIpc) is 2.47. The minimum atomic E-state index is 0.194. The van der Waals surface area contributed by atoms with Crippen molar-refractivity contribution in [2.24, 2.45) is 0 Å². The zero-order valence-corrected chi connectivity index (χ0v) is 13.1. The molecule has 3 aromatic carbocycles. The Hall–Kier alpha value is -2.48. The van der Waals surface area contributed by atoms with Gasteiger partial charge in [-0.1, -0.05) is 50.2 Å². The van der Waals surface area contributed by atoms with Gasteiger partial charge in [-0.05, 0) is 46.9 Å². The minimum absolute atomic E-state index is 0.194. The van der Waals surface area contributed by atoms with Crippen LogP contribution in [0.5, 0.6) is 11.5 Å². The monoisotopic (exact) mass is 292 g/mol. The van der Waals surface area contributed by atoms with Crippen LogP contribution < -0.4 is 0 Å². The van der Waals surface area contributed by atoms with E-state index in [1.807, 2.05) is 37.3 Å². The van der Waals surface area contributed by atoms with Crippen molar-refractivity contribution >= 4 is 10.8 Å². The van der Waals surface area contributed by atoms with Crippen LogP contribution in [0.3, 0.4) is 0 Å². The molecule has 0 aliphatic heterocycles. The first-order valence-electron chi connectivity index (χ1n) is 7.53. The van der Waals surface area contributed by atoms with E-state index in [0.717, 1.165) is 27.5 Å². The Bertz CT molecular complexity index is 848. The third kappa shape index (κ3) is 2.31. The van der Waals surface area contributed by atoms with Crippen LogP contribution in [0.25, 0.3) is 21.9 Å². The fourth-order valence-corrected chi connectivity index (χ4v) is 3.05. The Kier molecular flexibility index (Phi) is 3.53. The van der Waals surface area contributed by atoms with Gasteiger partial charge in [0.15, 0.2) is 0 Å². The first-order valence-corrected chi connectivity index (χ1v) is 7.53. The van der Waals surface area contributed by atoms with Gasteiger partial charge in [-0.25, -0.2) is 0 Å². The highest BCUT2D eigenvalue weighted by molar-refractivity contribution is 6.01. The second kappa shape index (κ2) is 5.38. The number of hydrogen-bond donors (Lipinski definition) is 2. The summed E-state index contributed by atoms with van der Waals surface area (Å²) in [4.78, 5) is 0. The molecule has 3 aromatic rings. The predicted molar refractivity (Wildman–Crippen MR) is 91.5 cm³/mol. The van der Waals surface area contributed by atoms with Crippen LogP contribution in [0.2, 0.25) is 0 Å². The molecule has 2 nitrogen and oxygen atoms in total. The van der Waals surface area contributed by atoms with E-state index >= 15 is 0 Å². The van der Waals surface area contributed by atoms with Crippen LogP contribution in [0.4, 0.5) is 0 Å². The fraction of sp³-hybridized carbons (Fsp3) is 0.200. The van der Waals surface area contributed by atoms with Crippen molar-refractivity contribution in [3.63, 3.8) is 0 Å². The number of phenolic OH excluding ortho intramolecular Hbond substituents is 2. The Labute approximate surface area is 130 Å². The van der Waals surface area contributed by atoms with Gasteiger partial charge in [-0.3, -0.25) is 0 Å². The Morgan fingerprint density at radius 1 is 0.818 bits per heavy atom. The number of hydrogen-bond acceptors (Lipinski definition) is 2. The summed E-state index contributed by atoms with van der Waals surface area (Å²) in [5.74, 6) is 0.661.